The quantitative estimate of drug-likeness (QED) is 0.428. The summed E-state index contributed by atoms with van der Waals surface area (Å²) in [6.45, 7) is 1.68. The van der Waals surface area contributed by atoms with E-state index >= 15 is 0 Å². The number of alkyl halides is 1. The van der Waals surface area contributed by atoms with E-state index in [4.69, 9.17) is 15.6 Å². The Morgan fingerprint density at radius 2 is 2.11 bits per heavy atom. The van der Waals surface area contributed by atoms with Crippen molar-refractivity contribution in [2.45, 2.75) is 50.0 Å². The summed E-state index contributed by atoms with van der Waals surface area (Å²) in [6, 6.07) is -1.21. The Morgan fingerprint density at radius 1 is 1.58 bits per heavy atom. The molecule has 1 aliphatic heterocycles. The Balaban J connectivity index is 3.04. The molecular weight excluding hydrogens is 261 g/mol. The topological polar surface area (TPSA) is 136 Å². The van der Waals surface area contributed by atoms with Gasteiger partial charge in [-0.2, -0.15) is 0 Å². The van der Waals surface area contributed by atoms with Crippen LogP contribution in [0.25, 0.3) is 0 Å². The van der Waals surface area contributed by atoms with Crippen LogP contribution >= 0.6 is 0 Å². The highest BCUT2D eigenvalue weighted by molar-refractivity contribution is 5.76. The van der Waals surface area contributed by atoms with E-state index in [2.05, 4.69) is 0 Å². The van der Waals surface area contributed by atoms with Gasteiger partial charge >= 0.3 is 0 Å². The van der Waals surface area contributed by atoms with Gasteiger partial charge in [0, 0.05) is 12.0 Å². The molecule has 7 atom stereocenters. The van der Waals surface area contributed by atoms with Gasteiger partial charge in [0.15, 0.2) is 0 Å². The van der Waals surface area contributed by atoms with Gasteiger partial charge in [-0.25, -0.2) is 4.39 Å². The second-order valence-electron chi connectivity index (χ2n) is 5.06. The minimum absolute atomic E-state index is 0.746. The lowest BCUT2D eigenvalue weighted by Gasteiger charge is -2.49. The Morgan fingerprint density at radius 3 is 2.53 bits per heavy atom. The first-order valence-corrected chi connectivity index (χ1v) is 5.92. The van der Waals surface area contributed by atoms with Gasteiger partial charge in [-0.15, -0.1) is 0 Å². The number of ether oxygens (including phenoxy) is 1. The zero-order chi connectivity index (χ0) is 15.0. The molecule has 1 aliphatic rings. The van der Waals surface area contributed by atoms with E-state index in [-0.39, 0.29) is 0 Å². The van der Waals surface area contributed by atoms with Crippen molar-refractivity contribution in [2.24, 2.45) is 11.7 Å². The molecule has 5 unspecified atom stereocenters. The lowest BCUT2D eigenvalue weighted by atomic mass is 9.79. The predicted molar refractivity (Wildman–Crippen MR) is 59.4 cm³/mol. The van der Waals surface area contributed by atoms with E-state index in [1.54, 1.807) is 0 Å². The number of aliphatic hydroxyl groups is 3. The first kappa shape index (κ1) is 16.3. The zero-order valence-electron chi connectivity index (χ0n) is 10.7. The van der Waals surface area contributed by atoms with Crippen LogP contribution in [0.15, 0.2) is 0 Å². The molecule has 0 radical (unpaired) electrons. The number of halogens is 1. The average molecular weight is 280 g/mol. The molecule has 112 valence electrons. The highest BCUT2D eigenvalue weighted by atomic mass is 19.1. The SMILES string of the molecule is CC1C(N)C(F)C(C)(C(=O)[O-])OC1[C@H](O)[C@H](O)CO. The maximum atomic E-state index is 14.0. The molecular formula is C11H19FNO6-. The summed E-state index contributed by atoms with van der Waals surface area (Å²) < 4.78 is 19.1. The maximum absolute atomic E-state index is 14.0. The standard InChI is InChI=1S/C11H20FNO6/c1-4-6(13)9(12)11(2,10(17)18)19-8(4)7(16)5(15)3-14/h4-9,14-16H,3,13H2,1-2H3,(H,17,18)/p-1/t4?,5-,6?,7-,8?,9?,11?/m1/s1. The van der Waals surface area contributed by atoms with Crippen molar-refractivity contribution in [1.29, 1.82) is 0 Å². The Labute approximate surface area is 109 Å². The van der Waals surface area contributed by atoms with Crippen LogP contribution in [-0.4, -0.2) is 64.0 Å². The van der Waals surface area contributed by atoms with E-state index < -0.39 is 54.6 Å². The van der Waals surface area contributed by atoms with Gasteiger partial charge in [0.05, 0.1) is 18.7 Å². The fraction of sp³-hybridized carbons (Fsp3) is 0.909. The van der Waals surface area contributed by atoms with E-state index in [0.717, 1.165) is 6.92 Å². The molecule has 5 N–H and O–H groups in total. The fourth-order valence-electron chi connectivity index (χ4n) is 2.18. The van der Waals surface area contributed by atoms with Gasteiger partial charge < -0.3 is 35.7 Å². The number of rotatable bonds is 4. The lowest BCUT2D eigenvalue weighted by molar-refractivity contribution is -0.343. The number of carbonyl (C=O) groups is 1. The molecule has 1 fully saturated rings. The molecule has 0 aromatic rings. The Bertz CT molecular complexity index is 339. The predicted octanol–water partition coefficient (Wildman–Crippen LogP) is -3.09. The highest BCUT2D eigenvalue weighted by Gasteiger charge is 2.53. The molecule has 0 spiro atoms. The van der Waals surface area contributed by atoms with Crippen LogP contribution in [0.2, 0.25) is 0 Å². The van der Waals surface area contributed by atoms with E-state index in [1.165, 1.54) is 6.92 Å². The van der Waals surface area contributed by atoms with Gasteiger partial charge in [-0.1, -0.05) is 6.92 Å². The van der Waals surface area contributed by atoms with Crippen LogP contribution in [0.3, 0.4) is 0 Å². The van der Waals surface area contributed by atoms with E-state index in [0.29, 0.717) is 0 Å². The third-order valence-corrected chi connectivity index (χ3v) is 3.69. The normalized spacial score (nSPS) is 42.7. The minimum atomic E-state index is -2.31. The number of aliphatic carboxylic acids is 1. The van der Waals surface area contributed by atoms with Gasteiger partial charge in [-0.05, 0) is 6.92 Å². The first-order chi connectivity index (χ1) is 8.66. The molecule has 8 heteroatoms. The van der Waals surface area contributed by atoms with E-state index in [1.807, 2.05) is 0 Å². The zero-order valence-corrected chi connectivity index (χ0v) is 10.7. The Hall–Kier alpha value is -0.800. The summed E-state index contributed by atoms with van der Waals surface area (Å²) >= 11 is 0. The van der Waals surface area contributed by atoms with Crippen LogP contribution in [0.1, 0.15) is 13.8 Å². The Kier molecular flexibility index (Phi) is 4.86. The van der Waals surface area contributed by atoms with Crippen molar-refractivity contribution < 1.29 is 34.3 Å². The number of carboxylic acids is 1. The van der Waals surface area contributed by atoms with Crippen molar-refractivity contribution in [3.63, 3.8) is 0 Å². The van der Waals surface area contributed by atoms with Crippen molar-refractivity contribution in [2.75, 3.05) is 6.61 Å². The maximum Gasteiger partial charge on any atom is 0.149 e. The molecule has 0 amide bonds. The number of nitrogens with two attached hydrogens (primary N) is 1. The molecule has 0 bridgehead atoms. The molecule has 7 nitrogen and oxygen atoms in total. The fourth-order valence-corrected chi connectivity index (χ4v) is 2.18. The highest BCUT2D eigenvalue weighted by Crippen LogP contribution is 2.35. The summed E-state index contributed by atoms with van der Waals surface area (Å²) in [7, 11) is 0. The summed E-state index contributed by atoms with van der Waals surface area (Å²) in [4.78, 5) is 11.0. The van der Waals surface area contributed by atoms with Gasteiger partial charge in [-0.3, -0.25) is 0 Å². The molecule has 1 saturated heterocycles. The summed E-state index contributed by atoms with van der Waals surface area (Å²) in [5.74, 6) is -2.54. The van der Waals surface area contributed by atoms with Crippen molar-refractivity contribution in [3.05, 3.63) is 0 Å². The minimum Gasteiger partial charge on any atom is -0.547 e. The van der Waals surface area contributed by atoms with Gasteiger partial charge in [0.1, 0.15) is 24.0 Å². The number of hydrogen-bond donors (Lipinski definition) is 4. The van der Waals surface area contributed by atoms with E-state index in [9.17, 15) is 24.5 Å². The van der Waals surface area contributed by atoms with Crippen LogP contribution in [0.4, 0.5) is 4.39 Å². The summed E-state index contributed by atoms with van der Waals surface area (Å²) in [5.41, 5.74) is 3.29. The van der Waals surface area contributed by atoms with Crippen LogP contribution in [-0.2, 0) is 9.53 Å². The third-order valence-electron chi connectivity index (χ3n) is 3.69. The smallest absolute Gasteiger partial charge is 0.149 e. The number of carbonyl (C=O) groups excluding carboxylic acids is 1. The van der Waals surface area contributed by atoms with Gasteiger partial charge in [0.25, 0.3) is 0 Å². The first-order valence-electron chi connectivity index (χ1n) is 5.92. The average Bonchev–Trinajstić information content (AvgIpc) is 2.38. The molecule has 0 aliphatic carbocycles. The van der Waals surface area contributed by atoms with Crippen LogP contribution in [0.5, 0.6) is 0 Å². The second-order valence-corrected chi connectivity index (χ2v) is 5.06. The number of hydrogen-bond acceptors (Lipinski definition) is 7. The van der Waals surface area contributed by atoms with Crippen LogP contribution in [0, 0.1) is 5.92 Å². The summed E-state index contributed by atoms with van der Waals surface area (Å²) in [5, 5.41) is 39.0. The third kappa shape index (κ3) is 2.72. The molecule has 1 heterocycles. The molecule has 0 aromatic carbocycles. The molecule has 19 heavy (non-hydrogen) atoms. The second kappa shape index (κ2) is 5.68. The lowest BCUT2D eigenvalue weighted by Crippen LogP contribution is -2.69. The molecule has 1 rings (SSSR count). The number of carboxylic acid groups (broad SMARTS) is 1. The monoisotopic (exact) mass is 280 g/mol. The van der Waals surface area contributed by atoms with Crippen molar-refractivity contribution in [1.82, 2.24) is 0 Å². The number of aliphatic hydroxyl groups excluding tert-OH is 3. The van der Waals surface area contributed by atoms with Crippen molar-refractivity contribution in [3.8, 4) is 0 Å². The van der Waals surface area contributed by atoms with Crippen LogP contribution < -0.4 is 10.8 Å². The largest absolute Gasteiger partial charge is 0.547 e. The molecule has 0 saturated carbocycles. The van der Waals surface area contributed by atoms with Crippen molar-refractivity contribution >= 4 is 5.97 Å². The molecule has 0 aromatic heterocycles. The summed E-state index contributed by atoms with van der Waals surface area (Å²) in [6.07, 6.45) is -6.37. The van der Waals surface area contributed by atoms with Gasteiger partial charge in [0.2, 0.25) is 0 Å².